The molecule has 3 N–H and O–H groups in total. The van der Waals surface area contributed by atoms with Crippen LogP contribution in [0.25, 0.3) is 0 Å². The van der Waals surface area contributed by atoms with Crippen molar-refractivity contribution >= 4 is 11.6 Å². The van der Waals surface area contributed by atoms with Crippen molar-refractivity contribution in [3.8, 4) is 0 Å². The van der Waals surface area contributed by atoms with Gasteiger partial charge in [-0.2, -0.15) is 0 Å². The van der Waals surface area contributed by atoms with Gasteiger partial charge in [0, 0.05) is 31.5 Å². The number of nitrogens with zero attached hydrogens (tertiary/aromatic N) is 3. The lowest BCUT2D eigenvalue weighted by Crippen LogP contribution is -2.17. The molecule has 0 bridgehead atoms. The van der Waals surface area contributed by atoms with Crippen molar-refractivity contribution in [2.75, 3.05) is 19.0 Å². The van der Waals surface area contributed by atoms with Crippen molar-refractivity contribution < 1.29 is 9.90 Å². The summed E-state index contributed by atoms with van der Waals surface area (Å²) in [5.74, 6) is -0.117. The molecule has 0 saturated heterocycles. The Morgan fingerprint density at radius 3 is 3.05 bits per heavy atom. The maximum absolute atomic E-state index is 11.6. The van der Waals surface area contributed by atoms with Gasteiger partial charge in [-0.15, -0.1) is 5.10 Å². The van der Waals surface area contributed by atoms with Crippen molar-refractivity contribution in [3.63, 3.8) is 0 Å². The normalized spacial score (nSPS) is 10.4. The molecule has 1 aromatic carbocycles. The van der Waals surface area contributed by atoms with Gasteiger partial charge >= 0.3 is 0 Å². The van der Waals surface area contributed by atoms with E-state index in [1.165, 1.54) is 0 Å². The van der Waals surface area contributed by atoms with Crippen LogP contribution in [0.1, 0.15) is 22.5 Å². The number of carbonyl (C=O) groups excluding carboxylic acids is 1. The molecule has 0 aliphatic rings. The summed E-state index contributed by atoms with van der Waals surface area (Å²) in [5, 5.41) is 22.6. The van der Waals surface area contributed by atoms with Gasteiger partial charge in [0.1, 0.15) is 5.69 Å². The molecule has 1 heterocycles. The maximum Gasteiger partial charge on any atom is 0.251 e. The third-order valence-corrected chi connectivity index (χ3v) is 2.96. The topological polar surface area (TPSA) is 92.1 Å². The van der Waals surface area contributed by atoms with Crippen LogP contribution in [0.3, 0.4) is 0 Å². The zero-order chi connectivity index (χ0) is 15.1. The van der Waals surface area contributed by atoms with Gasteiger partial charge in [-0.25, -0.2) is 0 Å². The number of aliphatic hydroxyl groups excluding tert-OH is 1. The predicted molar refractivity (Wildman–Crippen MR) is 78.9 cm³/mol. The molecule has 112 valence electrons. The second-order valence-corrected chi connectivity index (χ2v) is 4.56. The minimum Gasteiger partial charge on any atom is -0.396 e. The lowest BCUT2D eigenvalue weighted by molar-refractivity contribution is 0.0963. The highest BCUT2D eigenvalue weighted by Gasteiger charge is 2.04. The van der Waals surface area contributed by atoms with Gasteiger partial charge in [0.25, 0.3) is 5.91 Å². The molecule has 7 nitrogen and oxygen atoms in total. The number of aryl methyl sites for hydroxylation is 1. The molecule has 0 radical (unpaired) electrons. The molecule has 0 saturated carbocycles. The van der Waals surface area contributed by atoms with Crippen LogP contribution in [-0.4, -0.2) is 39.7 Å². The molecule has 0 atom stereocenters. The minimum absolute atomic E-state index is 0.117. The molecular weight excluding hydrogens is 270 g/mol. The molecular formula is C14H19N5O2. The third kappa shape index (κ3) is 4.28. The largest absolute Gasteiger partial charge is 0.396 e. The third-order valence-electron chi connectivity index (χ3n) is 2.96. The number of aliphatic hydroxyl groups is 1. The Kier molecular flexibility index (Phi) is 5.28. The first kappa shape index (κ1) is 15.0. The molecule has 21 heavy (non-hydrogen) atoms. The van der Waals surface area contributed by atoms with Crippen LogP contribution in [0.5, 0.6) is 0 Å². The van der Waals surface area contributed by atoms with Crippen molar-refractivity contribution in [2.24, 2.45) is 0 Å². The number of amides is 1. The molecule has 0 aliphatic carbocycles. The van der Waals surface area contributed by atoms with Gasteiger partial charge in [0.2, 0.25) is 0 Å². The van der Waals surface area contributed by atoms with Crippen LogP contribution in [0.15, 0.2) is 30.5 Å². The second-order valence-electron chi connectivity index (χ2n) is 4.56. The molecule has 0 fully saturated rings. The summed E-state index contributed by atoms with van der Waals surface area (Å²) < 4.78 is 1.70. The van der Waals surface area contributed by atoms with Crippen LogP contribution in [0, 0.1) is 0 Å². The highest BCUT2D eigenvalue weighted by Crippen LogP contribution is 2.11. The minimum atomic E-state index is -0.117. The lowest BCUT2D eigenvalue weighted by atomic mass is 10.2. The number of carbonyl (C=O) groups is 1. The van der Waals surface area contributed by atoms with E-state index in [-0.39, 0.29) is 12.5 Å². The van der Waals surface area contributed by atoms with Gasteiger partial charge in [-0.05, 0) is 24.6 Å². The highest BCUT2D eigenvalue weighted by atomic mass is 16.3. The monoisotopic (exact) mass is 289 g/mol. The van der Waals surface area contributed by atoms with Gasteiger partial charge in [0.05, 0.1) is 12.7 Å². The zero-order valence-corrected chi connectivity index (χ0v) is 11.9. The Hall–Kier alpha value is -2.41. The van der Waals surface area contributed by atoms with Gasteiger partial charge < -0.3 is 15.7 Å². The molecule has 2 aromatic rings. The number of anilines is 1. The first-order valence-electron chi connectivity index (χ1n) is 6.79. The van der Waals surface area contributed by atoms with E-state index in [0.29, 0.717) is 25.1 Å². The van der Waals surface area contributed by atoms with Crippen LogP contribution in [-0.2, 0) is 13.1 Å². The van der Waals surface area contributed by atoms with Gasteiger partial charge in [-0.1, -0.05) is 11.3 Å². The standard InChI is InChI=1S/C14H19N5O2/c1-15-14(21)11-4-2-5-12(8-11)16-9-13-10-19(18-17-13)6-3-7-20/h2,4-5,8,10,16,20H,3,6-7,9H2,1H3,(H,15,21). The number of rotatable bonds is 7. The number of nitrogens with one attached hydrogen (secondary N) is 2. The van der Waals surface area contributed by atoms with Crippen LogP contribution in [0.2, 0.25) is 0 Å². The van der Waals surface area contributed by atoms with E-state index in [1.807, 2.05) is 18.3 Å². The quantitative estimate of drug-likeness (QED) is 0.695. The fourth-order valence-corrected chi connectivity index (χ4v) is 1.87. The Bertz CT molecular complexity index is 597. The van der Waals surface area contributed by atoms with Crippen molar-refractivity contribution in [1.82, 2.24) is 20.3 Å². The van der Waals surface area contributed by atoms with Crippen LogP contribution >= 0.6 is 0 Å². The smallest absolute Gasteiger partial charge is 0.251 e. The summed E-state index contributed by atoms with van der Waals surface area (Å²) in [4.78, 5) is 11.6. The van der Waals surface area contributed by atoms with E-state index >= 15 is 0 Å². The average Bonchev–Trinajstić information content (AvgIpc) is 2.98. The first-order chi connectivity index (χ1) is 10.2. The van der Waals surface area contributed by atoms with Crippen LogP contribution in [0.4, 0.5) is 5.69 Å². The summed E-state index contributed by atoms with van der Waals surface area (Å²) in [5.41, 5.74) is 2.26. The molecule has 7 heteroatoms. The summed E-state index contributed by atoms with van der Waals surface area (Å²) in [7, 11) is 1.60. The summed E-state index contributed by atoms with van der Waals surface area (Å²) in [6.07, 6.45) is 2.50. The molecule has 1 aromatic heterocycles. The second kappa shape index (κ2) is 7.39. The van der Waals surface area contributed by atoms with Crippen molar-refractivity contribution in [3.05, 3.63) is 41.7 Å². The zero-order valence-electron chi connectivity index (χ0n) is 11.9. The van der Waals surface area contributed by atoms with E-state index in [0.717, 1.165) is 11.4 Å². The first-order valence-corrected chi connectivity index (χ1v) is 6.79. The van der Waals surface area contributed by atoms with Crippen LogP contribution < -0.4 is 10.6 Å². The van der Waals surface area contributed by atoms with E-state index < -0.39 is 0 Å². The molecule has 1 amide bonds. The number of aromatic nitrogens is 3. The fraction of sp³-hybridized carbons (Fsp3) is 0.357. The molecule has 2 rings (SSSR count). The van der Waals surface area contributed by atoms with Crippen molar-refractivity contribution in [1.29, 1.82) is 0 Å². The Morgan fingerprint density at radius 1 is 1.43 bits per heavy atom. The SMILES string of the molecule is CNC(=O)c1cccc(NCc2cn(CCCO)nn2)c1. The number of benzene rings is 1. The Balaban J connectivity index is 1.93. The van der Waals surface area contributed by atoms with Crippen molar-refractivity contribution in [2.45, 2.75) is 19.5 Å². The van der Waals surface area contributed by atoms with E-state index in [4.69, 9.17) is 5.11 Å². The summed E-state index contributed by atoms with van der Waals surface area (Å²) in [6, 6.07) is 7.26. The molecule has 0 aliphatic heterocycles. The number of hydrogen-bond donors (Lipinski definition) is 3. The predicted octanol–water partition coefficient (Wildman–Crippen LogP) is 0.632. The van der Waals surface area contributed by atoms with E-state index in [1.54, 1.807) is 23.9 Å². The van der Waals surface area contributed by atoms with Gasteiger partial charge in [0.15, 0.2) is 0 Å². The molecule has 0 unspecified atom stereocenters. The summed E-state index contributed by atoms with van der Waals surface area (Å²) >= 11 is 0. The van der Waals surface area contributed by atoms with E-state index in [2.05, 4.69) is 20.9 Å². The van der Waals surface area contributed by atoms with Gasteiger partial charge in [-0.3, -0.25) is 9.48 Å². The summed E-state index contributed by atoms with van der Waals surface area (Å²) in [6.45, 7) is 1.31. The number of hydrogen-bond acceptors (Lipinski definition) is 5. The Morgan fingerprint density at radius 2 is 2.29 bits per heavy atom. The maximum atomic E-state index is 11.6. The molecule has 0 spiro atoms. The van der Waals surface area contributed by atoms with E-state index in [9.17, 15) is 4.79 Å². The highest BCUT2D eigenvalue weighted by molar-refractivity contribution is 5.94. The lowest BCUT2D eigenvalue weighted by Gasteiger charge is -2.06. The average molecular weight is 289 g/mol. The Labute approximate surface area is 123 Å². The fourth-order valence-electron chi connectivity index (χ4n) is 1.87.